The van der Waals surface area contributed by atoms with Crippen molar-refractivity contribution in [3.8, 4) is 0 Å². The summed E-state index contributed by atoms with van der Waals surface area (Å²) in [6.07, 6.45) is 0.899. The van der Waals surface area contributed by atoms with Crippen molar-refractivity contribution in [1.82, 2.24) is 4.90 Å². The van der Waals surface area contributed by atoms with Gasteiger partial charge >= 0.3 is 5.97 Å². The van der Waals surface area contributed by atoms with Gasteiger partial charge in [0.15, 0.2) is 0 Å². The average Bonchev–Trinajstić information content (AvgIpc) is 2.50. The molecule has 1 N–H and O–H groups in total. The lowest BCUT2D eigenvalue weighted by Gasteiger charge is -2.18. The molecule has 0 spiro atoms. The lowest BCUT2D eigenvalue weighted by atomic mass is 10.2. The number of nitrogens with zero attached hydrogens (tertiary/aromatic N) is 1. The van der Waals surface area contributed by atoms with Crippen LogP contribution in [0.5, 0.6) is 0 Å². The third-order valence-electron chi connectivity index (χ3n) is 2.71. The number of carboxylic acid groups (broad SMARTS) is 1. The SMILES string of the molecule is CC1=C(C(=O)O)CC(=O)N1CCCOC(C)C. The largest absolute Gasteiger partial charge is 0.478 e. The van der Waals surface area contributed by atoms with Crippen molar-refractivity contribution < 1.29 is 19.4 Å². The Labute approximate surface area is 101 Å². The number of amides is 1. The van der Waals surface area contributed by atoms with Crippen LogP contribution in [0.2, 0.25) is 0 Å². The molecule has 0 aromatic heterocycles. The molecule has 0 fully saturated rings. The van der Waals surface area contributed by atoms with Gasteiger partial charge in [0, 0.05) is 18.8 Å². The van der Waals surface area contributed by atoms with Crippen LogP contribution >= 0.6 is 0 Å². The van der Waals surface area contributed by atoms with Crippen molar-refractivity contribution in [2.45, 2.75) is 39.7 Å². The molecule has 0 saturated heterocycles. The van der Waals surface area contributed by atoms with E-state index < -0.39 is 5.97 Å². The predicted molar refractivity (Wildman–Crippen MR) is 62.4 cm³/mol. The number of carbonyl (C=O) groups is 2. The maximum atomic E-state index is 11.6. The summed E-state index contributed by atoms with van der Waals surface area (Å²) < 4.78 is 5.38. The number of hydrogen-bond donors (Lipinski definition) is 1. The highest BCUT2D eigenvalue weighted by atomic mass is 16.5. The van der Waals surface area contributed by atoms with Gasteiger partial charge in [0.05, 0.1) is 18.1 Å². The zero-order valence-electron chi connectivity index (χ0n) is 10.5. The minimum absolute atomic E-state index is 0.00616. The Morgan fingerprint density at radius 1 is 1.53 bits per heavy atom. The van der Waals surface area contributed by atoms with E-state index in [4.69, 9.17) is 9.84 Å². The average molecular weight is 241 g/mol. The molecule has 0 aliphatic carbocycles. The van der Waals surface area contributed by atoms with Gasteiger partial charge in [-0.3, -0.25) is 4.79 Å². The Kier molecular flexibility index (Phi) is 4.69. The van der Waals surface area contributed by atoms with E-state index in [1.807, 2.05) is 13.8 Å². The zero-order chi connectivity index (χ0) is 13.0. The topological polar surface area (TPSA) is 66.8 Å². The standard InChI is InChI=1S/C12H19NO4/c1-8(2)17-6-4-5-13-9(3)10(12(15)16)7-11(13)14/h8H,4-7H2,1-3H3,(H,15,16). The van der Waals surface area contributed by atoms with Gasteiger partial charge in [-0.25, -0.2) is 4.79 Å². The minimum atomic E-state index is -1.00. The third kappa shape index (κ3) is 3.56. The van der Waals surface area contributed by atoms with E-state index in [0.29, 0.717) is 25.3 Å². The van der Waals surface area contributed by atoms with Crippen molar-refractivity contribution in [2.24, 2.45) is 0 Å². The molecule has 1 aliphatic rings. The van der Waals surface area contributed by atoms with Crippen LogP contribution in [0.1, 0.15) is 33.6 Å². The molecular weight excluding hydrogens is 222 g/mol. The fourth-order valence-corrected chi connectivity index (χ4v) is 1.79. The Hall–Kier alpha value is -1.36. The summed E-state index contributed by atoms with van der Waals surface area (Å²) in [5.74, 6) is -1.14. The van der Waals surface area contributed by atoms with Gasteiger partial charge in [0.25, 0.3) is 0 Å². The molecule has 0 aromatic rings. The third-order valence-corrected chi connectivity index (χ3v) is 2.71. The van der Waals surface area contributed by atoms with Gasteiger partial charge in [0.2, 0.25) is 5.91 Å². The summed E-state index contributed by atoms with van der Waals surface area (Å²) in [6, 6.07) is 0. The van der Waals surface area contributed by atoms with Gasteiger partial charge < -0.3 is 14.7 Å². The summed E-state index contributed by atoms with van der Waals surface area (Å²) in [5.41, 5.74) is 0.770. The lowest BCUT2D eigenvalue weighted by Crippen LogP contribution is -2.26. The van der Waals surface area contributed by atoms with Crippen molar-refractivity contribution in [1.29, 1.82) is 0 Å². The number of ether oxygens (including phenoxy) is 1. The second-order valence-electron chi connectivity index (χ2n) is 4.36. The van der Waals surface area contributed by atoms with Crippen LogP contribution in [0.25, 0.3) is 0 Å². The Morgan fingerprint density at radius 3 is 2.65 bits per heavy atom. The zero-order valence-corrected chi connectivity index (χ0v) is 10.5. The molecule has 0 atom stereocenters. The van der Waals surface area contributed by atoms with E-state index in [9.17, 15) is 9.59 Å². The molecule has 0 unspecified atom stereocenters. The molecular formula is C12H19NO4. The van der Waals surface area contributed by atoms with Gasteiger partial charge in [0.1, 0.15) is 0 Å². The van der Waals surface area contributed by atoms with Gasteiger partial charge in [-0.1, -0.05) is 0 Å². The second kappa shape index (κ2) is 5.82. The molecule has 1 heterocycles. The normalized spacial score (nSPS) is 16.2. The van der Waals surface area contributed by atoms with Gasteiger partial charge in [-0.2, -0.15) is 0 Å². The highest BCUT2D eigenvalue weighted by Crippen LogP contribution is 2.23. The summed E-state index contributed by atoms with van der Waals surface area (Å²) in [6.45, 7) is 6.69. The van der Waals surface area contributed by atoms with Crippen LogP contribution < -0.4 is 0 Å². The Morgan fingerprint density at radius 2 is 2.18 bits per heavy atom. The van der Waals surface area contributed by atoms with Crippen LogP contribution in [0.15, 0.2) is 11.3 Å². The van der Waals surface area contributed by atoms with Gasteiger partial charge in [-0.05, 0) is 27.2 Å². The number of carbonyl (C=O) groups excluding carboxylic acids is 1. The van der Waals surface area contributed by atoms with Crippen molar-refractivity contribution >= 4 is 11.9 Å². The highest BCUT2D eigenvalue weighted by molar-refractivity contribution is 5.99. The first-order chi connectivity index (χ1) is 7.93. The molecule has 1 amide bonds. The quantitative estimate of drug-likeness (QED) is 0.714. The first-order valence-electron chi connectivity index (χ1n) is 5.78. The minimum Gasteiger partial charge on any atom is -0.478 e. The number of rotatable bonds is 6. The molecule has 0 aromatic carbocycles. The first kappa shape index (κ1) is 13.7. The van der Waals surface area contributed by atoms with E-state index in [1.54, 1.807) is 6.92 Å². The maximum absolute atomic E-state index is 11.6. The summed E-state index contributed by atoms with van der Waals surface area (Å²) in [4.78, 5) is 24.0. The number of hydrogen-bond acceptors (Lipinski definition) is 3. The van der Waals surface area contributed by atoms with E-state index in [2.05, 4.69) is 0 Å². The molecule has 5 heteroatoms. The number of aliphatic carboxylic acids is 1. The molecule has 0 bridgehead atoms. The molecule has 5 nitrogen and oxygen atoms in total. The summed E-state index contributed by atoms with van der Waals surface area (Å²) in [7, 11) is 0. The summed E-state index contributed by atoms with van der Waals surface area (Å²) in [5, 5.41) is 8.90. The van der Waals surface area contributed by atoms with Crippen LogP contribution in [-0.2, 0) is 14.3 Å². The molecule has 0 saturated carbocycles. The van der Waals surface area contributed by atoms with E-state index in [-0.39, 0.29) is 24.0 Å². The molecule has 96 valence electrons. The first-order valence-corrected chi connectivity index (χ1v) is 5.78. The van der Waals surface area contributed by atoms with E-state index >= 15 is 0 Å². The Bertz CT molecular complexity index is 346. The number of carboxylic acids is 1. The van der Waals surface area contributed by atoms with Crippen LogP contribution in [-0.4, -0.2) is 41.1 Å². The van der Waals surface area contributed by atoms with E-state index in [0.717, 1.165) is 0 Å². The fourth-order valence-electron chi connectivity index (χ4n) is 1.79. The predicted octanol–water partition coefficient (Wildman–Crippen LogP) is 1.39. The Balaban J connectivity index is 2.48. The summed E-state index contributed by atoms with van der Waals surface area (Å²) >= 11 is 0. The van der Waals surface area contributed by atoms with Gasteiger partial charge in [-0.15, -0.1) is 0 Å². The maximum Gasteiger partial charge on any atom is 0.333 e. The van der Waals surface area contributed by atoms with Crippen molar-refractivity contribution in [3.05, 3.63) is 11.3 Å². The van der Waals surface area contributed by atoms with Crippen LogP contribution in [0.4, 0.5) is 0 Å². The van der Waals surface area contributed by atoms with Crippen LogP contribution in [0.3, 0.4) is 0 Å². The molecule has 17 heavy (non-hydrogen) atoms. The lowest BCUT2D eigenvalue weighted by molar-refractivity contribution is -0.134. The molecule has 1 rings (SSSR count). The number of allylic oxidation sites excluding steroid dienone is 1. The molecule has 1 aliphatic heterocycles. The monoisotopic (exact) mass is 241 g/mol. The fraction of sp³-hybridized carbons (Fsp3) is 0.667. The highest BCUT2D eigenvalue weighted by Gasteiger charge is 2.30. The second-order valence-corrected chi connectivity index (χ2v) is 4.36. The van der Waals surface area contributed by atoms with Crippen molar-refractivity contribution in [3.63, 3.8) is 0 Å². The smallest absolute Gasteiger partial charge is 0.333 e. The molecule has 0 radical (unpaired) electrons. The van der Waals surface area contributed by atoms with Crippen LogP contribution in [0, 0.1) is 0 Å². The van der Waals surface area contributed by atoms with Crippen molar-refractivity contribution in [2.75, 3.05) is 13.2 Å². The van der Waals surface area contributed by atoms with E-state index in [1.165, 1.54) is 4.90 Å².